The molecule has 1 fully saturated rings. The first-order chi connectivity index (χ1) is 7.27. The number of carbonyl (C=O) groups is 1. The lowest BCUT2D eigenvalue weighted by atomic mass is 9.87. The molecule has 15 heavy (non-hydrogen) atoms. The van der Waals surface area contributed by atoms with Gasteiger partial charge in [0, 0.05) is 23.1 Å². The van der Waals surface area contributed by atoms with E-state index in [9.17, 15) is 4.79 Å². The lowest BCUT2D eigenvalue weighted by molar-refractivity contribution is 0.0936. The fourth-order valence-corrected chi connectivity index (χ4v) is 2.45. The Kier molecular flexibility index (Phi) is 1.61. The number of hydrogen-bond donors (Lipinski definition) is 1. The third-order valence-electron chi connectivity index (χ3n) is 3.46. The van der Waals surface area contributed by atoms with Gasteiger partial charge in [0.25, 0.3) is 5.91 Å². The minimum absolute atomic E-state index is 0.0291. The molecule has 1 spiro atoms. The molecule has 1 aliphatic heterocycles. The molecular formula is C12H13NO2. The van der Waals surface area contributed by atoms with Gasteiger partial charge in [0.2, 0.25) is 0 Å². The number of amides is 1. The van der Waals surface area contributed by atoms with Crippen LogP contribution in [-0.2, 0) is 5.41 Å². The van der Waals surface area contributed by atoms with Gasteiger partial charge in [0.1, 0.15) is 5.75 Å². The number of nitrogens with one attached hydrogen (secondary N) is 1. The minimum Gasteiger partial charge on any atom is -0.496 e. The van der Waals surface area contributed by atoms with Crippen molar-refractivity contribution in [3.8, 4) is 5.75 Å². The first kappa shape index (κ1) is 8.77. The van der Waals surface area contributed by atoms with Gasteiger partial charge in [0.15, 0.2) is 0 Å². The van der Waals surface area contributed by atoms with Gasteiger partial charge in [-0.05, 0) is 25.0 Å². The van der Waals surface area contributed by atoms with E-state index in [1.165, 1.54) is 0 Å². The molecule has 0 atom stereocenters. The highest BCUT2D eigenvalue weighted by Gasteiger charge is 2.50. The molecule has 1 aliphatic carbocycles. The van der Waals surface area contributed by atoms with Crippen LogP contribution >= 0.6 is 0 Å². The van der Waals surface area contributed by atoms with Crippen LogP contribution < -0.4 is 10.1 Å². The summed E-state index contributed by atoms with van der Waals surface area (Å²) >= 11 is 0. The second-order valence-corrected chi connectivity index (χ2v) is 4.35. The number of methoxy groups -OCH3 is 1. The van der Waals surface area contributed by atoms with E-state index in [4.69, 9.17) is 4.74 Å². The topological polar surface area (TPSA) is 38.3 Å². The van der Waals surface area contributed by atoms with Crippen LogP contribution in [0.3, 0.4) is 0 Å². The van der Waals surface area contributed by atoms with Crippen molar-refractivity contribution in [2.45, 2.75) is 18.3 Å². The van der Waals surface area contributed by atoms with Gasteiger partial charge in [-0.2, -0.15) is 0 Å². The smallest absolute Gasteiger partial charge is 0.251 e. The number of fused-ring (bicyclic) bond motifs is 2. The molecule has 0 aromatic heterocycles. The first-order valence-corrected chi connectivity index (χ1v) is 5.22. The van der Waals surface area contributed by atoms with Crippen LogP contribution in [0.2, 0.25) is 0 Å². The quantitative estimate of drug-likeness (QED) is 0.750. The second kappa shape index (κ2) is 2.75. The van der Waals surface area contributed by atoms with E-state index in [1.807, 2.05) is 18.2 Å². The molecule has 1 saturated carbocycles. The first-order valence-electron chi connectivity index (χ1n) is 5.22. The summed E-state index contributed by atoms with van der Waals surface area (Å²) in [7, 11) is 1.66. The molecule has 78 valence electrons. The summed E-state index contributed by atoms with van der Waals surface area (Å²) < 4.78 is 5.36. The molecule has 3 nitrogen and oxygen atoms in total. The largest absolute Gasteiger partial charge is 0.496 e. The van der Waals surface area contributed by atoms with Gasteiger partial charge in [0.05, 0.1) is 7.11 Å². The van der Waals surface area contributed by atoms with Crippen LogP contribution in [0.25, 0.3) is 0 Å². The van der Waals surface area contributed by atoms with E-state index >= 15 is 0 Å². The summed E-state index contributed by atoms with van der Waals surface area (Å²) in [6.45, 7) is 0.763. The van der Waals surface area contributed by atoms with Gasteiger partial charge >= 0.3 is 0 Å². The maximum absolute atomic E-state index is 11.7. The summed E-state index contributed by atoms with van der Waals surface area (Å²) in [5.74, 6) is 0.890. The average Bonchev–Trinajstić information content (AvgIpc) is 3.04. The SMILES string of the molecule is COc1cccc2c1C1(CC1)CNC2=O. The van der Waals surface area contributed by atoms with Crippen molar-refractivity contribution in [1.82, 2.24) is 5.32 Å². The van der Waals surface area contributed by atoms with Crippen molar-refractivity contribution in [3.63, 3.8) is 0 Å². The maximum Gasteiger partial charge on any atom is 0.251 e. The van der Waals surface area contributed by atoms with Crippen LogP contribution in [0, 0.1) is 0 Å². The predicted octanol–water partition coefficient (Wildman–Crippen LogP) is 1.47. The molecular weight excluding hydrogens is 190 g/mol. The highest BCUT2D eigenvalue weighted by molar-refractivity contribution is 5.98. The van der Waals surface area contributed by atoms with E-state index < -0.39 is 0 Å². The molecule has 3 heteroatoms. The number of rotatable bonds is 1. The fourth-order valence-electron chi connectivity index (χ4n) is 2.45. The van der Waals surface area contributed by atoms with Crippen molar-refractivity contribution < 1.29 is 9.53 Å². The zero-order chi connectivity index (χ0) is 10.5. The van der Waals surface area contributed by atoms with E-state index in [-0.39, 0.29) is 11.3 Å². The van der Waals surface area contributed by atoms with Crippen molar-refractivity contribution in [3.05, 3.63) is 29.3 Å². The van der Waals surface area contributed by atoms with E-state index in [0.29, 0.717) is 0 Å². The highest BCUT2D eigenvalue weighted by Crippen LogP contribution is 2.53. The normalized spacial score (nSPS) is 20.7. The Balaban J connectivity index is 2.24. The molecule has 1 N–H and O–H groups in total. The Hall–Kier alpha value is -1.51. The predicted molar refractivity (Wildman–Crippen MR) is 56.2 cm³/mol. The summed E-state index contributed by atoms with van der Waals surface area (Å²) in [6.07, 6.45) is 2.31. The van der Waals surface area contributed by atoms with Crippen LogP contribution in [0.4, 0.5) is 0 Å². The van der Waals surface area contributed by atoms with Crippen LogP contribution in [0.15, 0.2) is 18.2 Å². The van der Waals surface area contributed by atoms with E-state index in [2.05, 4.69) is 5.32 Å². The number of ether oxygens (including phenoxy) is 1. The summed E-state index contributed by atoms with van der Waals surface area (Å²) in [5, 5.41) is 2.95. The molecule has 0 radical (unpaired) electrons. The molecule has 0 unspecified atom stereocenters. The molecule has 1 aromatic carbocycles. The van der Waals surface area contributed by atoms with Crippen LogP contribution in [-0.4, -0.2) is 19.6 Å². The minimum atomic E-state index is 0.0291. The van der Waals surface area contributed by atoms with Crippen molar-refractivity contribution >= 4 is 5.91 Å². The van der Waals surface area contributed by atoms with Gasteiger partial charge in [-0.1, -0.05) is 6.07 Å². The van der Waals surface area contributed by atoms with Crippen molar-refractivity contribution in [2.24, 2.45) is 0 Å². The van der Waals surface area contributed by atoms with Gasteiger partial charge in [-0.3, -0.25) is 4.79 Å². The number of benzene rings is 1. The van der Waals surface area contributed by atoms with Crippen LogP contribution in [0.1, 0.15) is 28.8 Å². The molecule has 2 aliphatic rings. The van der Waals surface area contributed by atoms with Crippen molar-refractivity contribution in [2.75, 3.05) is 13.7 Å². The molecule has 0 bridgehead atoms. The summed E-state index contributed by atoms with van der Waals surface area (Å²) in [5.41, 5.74) is 2.09. The zero-order valence-electron chi connectivity index (χ0n) is 8.67. The van der Waals surface area contributed by atoms with Gasteiger partial charge in [-0.25, -0.2) is 0 Å². The molecule has 1 aromatic rings. The molecule has 3 rings (SSSR count). The second-order valence-electron chi connectivity index (χ2n) is 4.35. The Labute approximate surface area is 88.4 Å². The third kappa shape index (κ3) is 1.09. The Morgan fingerprint density at radius 1 is 1.40 bits per heavy atom. The number of carbonyl (C=O) groups excluding carboxylic acids is 1. The van der Waals surface area contributed by atoms with E-state index in [0.717, 1.165) is 36.3 Å². The van der Waals surface area contributed by atoms with Crippen molar-refractivity contribution in [1.29, 1.82) is 0 Å². The standard InChI is InChI=1S/C12H13NO2/c1-15-9-4-2-3-8-10(9)12(5-6-12)7-13-11(8)14/h2-4H,5-7H2,1H3,(H,13,14). The Morgan fingerprint density at radius 3 is 2.87 bits per heavy atom. The zero-order valence-corrected chi connectivity index (χ0v) is 8.67. The monoisotopic (exact) mass is 203 g/mol. The highest BCUT2D eigenvalue weighted by atomic mass is 16.5. The maximum atomic E-state index is 11.7. The fraction of sp³-hybridized carbons (Fsp3) is 0.417. The Morgan fingerprint density at radius 2 is 2.20 bits per heavy atom. The lowest BCUT2D eigenvalue weighted by Crippen LogP contribution is -2.39. The molecule has 1 heterocycles. The Bertz CT molecular complexity index is 435. The van der Waals surface area contributed by atoms with Gasteiger partial charge < -0.3 is 10.1 Å². The molecule has 0 saturated heterocycles. The third-order valence-corrected chi connectivity index (χ3v) is 3.46. The van der Waals surface area contributed by atoms with Gasteiger partial charge in [-0.15, -0.1) is 0 Å². The summed E-state index contributed by atoms with van der Waals surface area (Å²) in [6, 6.07) is 5.70. The summed E-state index contributed by atoms with van der Waals surface area (Å²) in [4.78, 5) is 11.7. The van der Waals surface area contributed by atoms with Crippen LogP contribution in [0.5, 0.6) is 5.75 Å². The van der Waals surface area contributed by atoms with E-state index in [1.54, 1.807) is 7.11 Å². The molecule has 1 amide bonds. The average molecular weight is 203 g/mol. The lowest BCUT2D eigenvalue weighted by Gasteiger charge is -2.27. The number of hydrogen-bond acceptors (Lipinski definition) is 2.